The van der Waals surface area contributed by atoms with Gasteiger partial charge in [-0.25, -0.2) is 4.90 Å². The van der Waals surface area contributed by atoms with Gasteiger partial charge >= 0.3 is 0 Å². The van der Waals surface area contributed by atoms with Crippen molar-refractivity contribution in [3.8, 4) is 17.2 Å². The van der Waals surface area contributed by atoms with E-state index >= 15 is 0 Å². The van der Waals surface area contributed by atoms with E-state index < -0.39 is 6.04 Å². The molecule has 2 aliphatic heterocycles. The highest BCUT2D eigenvalue weighted by Gasteiger charge is 2.43. The van der Waals surface area contributed by atoms with Crippen LogP contribution in [0, 0.1) is 0 Å². The fraction of sp³-hybridized carbons (Fsp3) is 0.364. The normalized spacial score (nSPS) is 20.0. The van der Waals surface area contributed by atoms with Gasteiger partial charge in [0, 0.05) is 32.2 Å². The molecule has 8 heteroatoms. The van der Waals surface area contributed by atoms with E-state index in [-0.39, 0.29) is 24.0 Å². The van der Waals surface area contributed by atoms with Crippen LogP contribution in [0.1, 0.15) is 6.42 Å². The van der Waals surface area contributed by atoms with Crippen LogP contribution in [0.15, 0.2) is 42.5 Å². The number of imide groups is 1. The van der Waals surface area contributed by atoms with E-state index in [0.717, 1.165) is 5.69 Å². The predicted octanol–water partition coefficient (Wildman–Crippen LogP) is 1.86. The number of methoxy groups -OCH3 is 2. The quantitative estimate of drug-likeness (QED) is 0.752. The second-order valence-corrected chi connectivity index (χ2v) is 7.34. The number of amides is 2. The summed E-state index contributed by atoms with van der Waals surface area (Å²) in [4.78, 5) is 31.2. The number of phenols is 1. The second kappa shape index (κ2) is 8.23. The van der Waals surface area contributed by atoms with Crippen molar-refractivity contribution in [3.63, 3.8) is 0 Å². The van der Waals surface area contributed by atoms with E-state index in [1.54, 1.807) is 30.3 Å². The van der Waals surface area contributed by atoms with Crippen LogP contribution >= 0.6 is 0 Å². The van der Waals surface area contributed by atoms with E-state index in [4.69, 9.17) is 9.47 Å². The predicted molar refractivity (Wildman–Crippen MR) is 112 cm³/mol. The van der Waals surface area contributed by atoms with Gasteiger partial charge in [0.1, 0.15) is 5.75 Å². The van der Waals surface area contributed by atoms with Gasteiger partial charge in [-0.1, -0.05) is 12.1 Å². The van der Waals surface area contributed by atoms with Crippen LogP contribution in [0.3, 0.4) is 0 Å². The third kappa shape index (κ3) is 3.54. The number of aromatic hydroxyl groups is 1. The number of anilines is 2. The Labute approximate surface area is 175 Å². The topological polar surface area (TPSA) is 82.5 Å². The number of carbonyl (C=O) groups excluding carboxylic acids is 2. The lowest BCUT2D eigenvalue weighted by Crippen LogP contribution is -2.52. The van der Waals surface area contributed by atoms with Crippen LogP contribution in [-0.4, -0.2) is 68.3 Å². The van der Waals surface area contributed by atoms with Crippen LogP contribution < -0.4 is 19.3 Å². The summed E-state index contributed by atoms with van der Waals surface area (Å²) in [5.41, 5.74) is 1.27. The Hall–Kier alpha value is -3.26. The lowest BCUT2D eigenvalue weighted by atomic mass is 10.1. The molecule has 30 heavy (non-hydrogen) atoms. The number of phenolic OH excluding ortho intramolecular Hbond substituents is 1. The standard InChI is InChI=1S/C22H25N3O5/c1-29-19-8-7-15(13-20(19)30-2)25-21(27)14-17(22(25)28)24-11-9-23(10-12-24)16-5-3-4-6-18(16)26/h3-8,13,17,26H,9-12,14H2,1-2H3/t17-/m0/s1. The Morgan fingerprint density at radius 1 is 0.933 bits per heavy atom. The molecule has 0 radical (unpaired) electrons. The molecule has 0 aliphatic carbocycles. The smallest absolute Gasteiger partial charge is 0.251 e. The highest BCUT2D eigenvalue weighted by molar-refractivity contribution is 6.22. The molecule has 0 unspecified atom stereocenters. The maximum Gasteiger partial charge on any atom is 0.251 e. The Morgan fingerprint density at radius 3 is 2.30 bits per heavy atom. The molecule has 8 nitrogen and oxygen atoms in total. The molecule has 0 saturated carbocycles. The summed E-state index contributed by atoms with van der Waals surface area (Å²) in [7, 11) is 3.05. The molecule has 2 saturated heterocycles. The summed E-state index contributed by atoms with van der Waals surface area (Å²) >= 11 is 0. The van der Waals surface area contributed by atoms with Gasteiger partial charge in [-0.05, 0) is 24.3 Å². The first-order valence-corrected chi connectivity index (χ1v) is 9.89. The zero-order valence-electron chi connectivity index (χ0n) is 17.1. The van der Waals surface area contributed by atoms with E-state index in [1.165, 1.54) is 19.1 Å². The number of hydrogen-bond donors (Lipinski definition) is 1. The van der Waals surface area contributed by atoms with Gasteiger partial charge in [0.15, 0.2) is 11.5 Å². The van der Waals surface area contributed by atoms with Crippen molar-refractivity contribution < 1.29 is 24.2 Å². The van der Waals surface area contributed by atoms with Crippen LogP contribution in [0.25, 0.3) is 0 Å². The molecule has 0 spiro atoms. The molecule has 1 atom stereocenters. The van der Waals surface area contributed by atoms with Crippen LogP contribution in [0.4, 0.5) is 11.4 Å². The minimum Gasteiger partial charge on any atom is -0.506 e. The summed E-state index contributed by atoms with van der Waals surface area (Å²) in [5.74, 6) is 0.814. The van der Waals surface area contributed by atoms with Gasteiger partial charge in [-0.15, -0.1) is 0 Å². The van der Waals surface area contributed by atoms with Crippen LogP contribution in [0.2, 0.25) is 0 Å². The number of rotatable bonds is 5. The van der Waals surface area contributed by atoms with Gasteiger partial charge in [0.2, 0.25) is 5.91 Å². The van der Waals surface area contributed by atoms with Crippen molar-refractivity contribution in [1.29, 1.82) is 0 Å². The Balaban J connectivity index is 1.47. The summed E-state index contributed by atoms with van der Waals surface area (Å²) in [5, 5.41) is 10.1. The molecule has 1 N–H and O–H groups in total. The van der Waals surface area contributed by atoms with Gasteiger partial charge in [0.25, 0.3) is 5.91 Å². The Bertz CT molecular complexity index is 956. The van der Waals surface area contributed by atoms with E-state index in [9.17, 15) is 14.7 Å². The summed E-state index contributed by atoms with van der Waals surface area (Å²) < 4.78 is 10.5. The van der Waals surface area contributed by atoms with Crippen molar-refractivity contribution >= 4 is 23.2 Å². The van der Waals surface area contributed by atoms with Crippen molar-refractivity contribution in [2.45, 2.75) is 12.5 Å². The lowest BCUT2D eigenvalue weighted by molar-refractivity contribution is -0.123. The fourth-order valence-corrected chi connectivity index (χ4v) is 4.14. The summed E-state index contributed by atoms with van der Waals surface area (Å²) in [6.45, 7) is 2.62. The first-order chi connectivity index (χ1) is 14.5. The average molecular weight is 411 g/mol. The molecule has 2 heterocycles. The first-order valence-electron chi connectivity index (χ1n) is 9.89. The largest absolute Gasteiger partial charge is 0.506 e. The van der Waals surface area contributed by atoms with Crippen LogP contribution in [-0.2, 0) is 9.59 Å². The molecular formula is C22H25N3O5. The number of para-hydroxylation sites is 2. The number of piperazine rings is 1. The maximum atomic E-state index is 13.1. The number of nitrogens with zero attached hydrogens (tertiary/aromatic N) is 3. The molecule has 2 aromatic carbocycles. The molecular weight excluding hydrogens is 386 g/mol. The SMILES string of the molecule is COc1ccc(N2C(=O)C[C@H](N3CCN(c4ccccc4O)CC3)C2=O)cc1OC. The fourth-order valence-electron chi connectivity index (χ4n) is 4.14. The zero-order valence-corrected chi connectivity index (χ0v) is 17.1. The molecule has 4 rings (SSSR count). The molecule has 2 fully saturated rings. The Morgan fingerprint density at radius 2 is 1.63 bits per heavy atom. The van der Waals surface area contributed by atoms with Crippen molar-refractivity contribution in [3.05, 3.63) is 42.5 Å². The van der Waals surface area contributed by atoms with Gasteiger partial charge in [-0.3, -0.25) is 14.5 Å². The monoisotopic (exact) mass is 411 g/mol. The highest BCUT2D eigenvalue weighted by Crippen LogP contribution is 2.35. The van der Waals surface area contributed by atoms with Gasteiger partial charge in [0.05, 0.1) is 38.1 Å². The summed E-state index contributed by atoms with van der Waals surface area (Å²) in [6, 6.07) is 11.8. The number of carbonyl (C=O) groups is 2. The molecule has 0 bridgehead atoms. The van der Waals surface area contributed by atoms with E-state index in [0.29, 0.717) is 43.4 Å². The summed E-state index contributed by atoms with van der Waals surface area (Å²) in [6.07, 6.45) is 0.157. The van der Waals surface area contributed by atoms with Crippen LogP contribution in [0.5, 0.6) is 17.2 Å². The minimum atomic E-state index is -0.475. The third-order valence-corrected chi connectivity index (χ3v) is 5.73. The second-order valence-electron chi connectivity index (χ2n) is 7.34. The molecule has 2 aromatic rings. The maximum absolute atomic E-state index is 13.1. The number of hydrogen-bond acceptors (Lipinski definition) is 7. The third-order valence-electron chi connectivity index (χ3n) is 5.73. The molecule has 0 aromatic heterocycles. The molecule has 2 aliphatic rings. The van der Waals surface area contributed by atoms with Crippen molar-refractivity contribution in [2.75, 3.05) is 50.2 Å². The molecule has 158 valence electrons. The van der Waals surface area contributed by atoms with Gasteiger partial charge < -0.3 is 19.5 Å². The highest BCUT2D eigenvalue weighted by atomic mass is 16.5. The zero-order chi connectivity index (χ0) is 21.3. The van der Waals surface area contributed by atoms with Gasteiger partial charge in [-0.2, -0.15) is 0 Å². The lowest BCUT2D eigenvalue weighted by Gasteiger charge is -2.38. The average Bonchev–Trinajstić information content (AvgIpc) is 3.07. The van der Waals surface area contributed by atoms with E-state index in [1.807, 2.05) is 12.1 Å². The number of benzene rings is 2. The molecule has 2 amide bonds. The Kier molecular flexibility index (Phi) is 5.50. The van der Waals surface area contributed by atoms with Crippen molar-refractivity contribution in [1.82, 2.24) is 4.90 Å². The first kappa shape index (κ1) is 20.0. The van der Waals surface area contributed by atoms with Crippen molar-refractivity contribution in [2.24, 2.45) is 0 Å². The number of ether oxygens (including phenoxy) is 2. The minimum absolute atomic E-state index is 0.157. The van der Waals surface area contributed by atoms with E-state index in [2.05, 4.69) is 9.80 Å².